The van der Waals surface area contributed by atoms with E-state index >= 15 is 0 Å². The van der Waals surface area contributed by atoms with E-state index in [9.17, 15) is 0 Å². The number of hydrogen-bond donors (Lipinski definition) is 0. The lowest BCUT2D eigenvalue weighted by Gasteiger charge is -2.11. The van der Waals surface area contributed by atoms with Crippen molar-refractivity contribution in [2.45, 2.75) is 45.2 Å². The molecule has 0 bridgehead atoms. The Morgan fingerprint density at radius 3 is 2.33 bits per heavy atom. The highest BCUT2D eigenvalue weighted by Gasteiger charge is 2.12. The molecular weight excluding hydrogens is 148 g/mol. The highest BCUT2D eigenvalue weighted by atomic mass is 35.6. The van der Waals surface area contributed by atoms with Crippen LogP contribution >= 0.6 is 11.1 Å². The van der Waals surface area contributed by atoms with Gasteiger partial charge < -0.3 is 0 Å². The van der Waals surface area contributed by atoms with Gasteiger partial charge in [0.25, 0.3) is 0 Å². The molecule has 2 heteroatoms. The van der Waals surface area contributed by atoms with Crippen molar-refractivity contribution in [2.24, 2.45) is 0 Å². The van der Waals surface area contributed by atoms with E-state index in [4.69, 9.17) is 11.1 Å². The molecule has 0 N–H and O–H groups in total. The molecule has 9 heavy (non-hydrogen) atoms. The summed E-state index contributed by atoms with van der Waals surface area (Å²) in [5.41, 5.74) is 0.826. The van der Waals surface area contributed by atoms with Gasteiger partial charge in [0.2, 0.25) is 0 Å². The van der Waals surface area contributed by atoms with Crippen molar-refractivity contribution in [1.29, 1.82) is 0 Å². The molecule has 0 aromatic heterocycles. The third kappa shape index (κ3) is 3.99. The fourth-order valence-corrected chi connectivity index (χ4v) is 3.64. The Balaban J connectivity index is 3.32. The van der Waals surface area contributed by atoms with Crippen molar-refractivity contribution < 1.29 is 0 Å². The average Bonchev–Trinajstić information content (AvgIpc) is 1.87. The van der Waals surface area contributed by atoms with Gasteiger partial charge in [-0.3, -0.25) is 0 Å². The molecule has 0 radical (unpaired) electrons. The fourth-order valence-electron chi connectivity index (χ4n) is 0.816. The van der Waals surface area contributed by atoms with E-state index in [1.165, 1.54) is 18.9 Å². The van der Waals surface area contributed by atoms with E-state index in [1.54, 1.807) is 0 Å². The van der Waals surface area contributed by atoms with Crippen LogP contribution in [-0.4, -0.2) is 8.11 Å². The summed E-state index contributed by atoms with van der Waals surface area (Å²) in [5, 5.41) is 0. The van der Waals surface area contributed by atoms with Gasteiger partial charge in [0, 0.05) is 0 Å². The molecule has 2 unspecified atom stereocenters. The van der Waals surface area contributed by atoms with Gasteiger partial charge in [-0.05, 0) is 11.6 Å². The van der Waals surface area contributed by atoms with Crippen LogP contribution in [0, 0.1) is 0 Å². The summed E-state index contributed by atoms with van der Waals surface area (Å²) in [5.74, 6) is 0. The van der Waals surface area contributed by atoms with Gasteiger partial charge in [-0.2, -0.15) is 11.1 Å². The van der Waals surface area contributed by atoms with E-state index < -0.39 is 8.11 Å². The van der Waals surface area contributed by atoms with Crippen LogP contribution in [0.25, 0.3) is 0 Å². The molecule has 0 spiro atoms. The molecule has 2 atom stereocenters. The standard InChI is InChI=1S/C7H17ClSi/c1-4-6-9(8)7(3)5-2/h7,9H,4-6H2,1-3H3. The monoisotopic (exact) mass is 164 g/mol. The summed E-state index contributed by atoms with van der Waals surface area (Å²) in [7, 11) is -0.824. The molecule has 0 heterocycles. The largest absolute Gasteiger partial charge is 0.171 e. The maximum atomic E-state index is 6.17. The Morgan fingerprint density at radius 1 is 1.44 bits per heavy atom. The van der Waals surface area contributed by atoms with Crippen molar-refractivity contribution >= 4 is 19.2 Å². The topological polar surface area (TPSA) is 0 Å². The van der Waals surface area contributed by atoms with Crippen LogP contribution in [0.2, 0.25) is 11.6 Å². The molecule has 0 amide bonds. The summed E-state index contributed by atoms with van der Waals surface area (Å²) in [6, 6.07) is 1.30. The van der Waals surface area contributed by atoms with Gasteiger partial charge in [0.15, 0.2) is 0 Å². The van der Waals surface area contributed by atoms with Crippen LogP contribution in [0.15, 0.2) is 0 Å². The van der Waals surface area contributed by atoms with Gasteiger partial charge in [-0.1, -0.05) is 33.6 Å². The minimum atomic E-state index is -0.824. The Labute approximate surface area is 64.9 Å². The predicted octanol–water partition coefficient (Wildman–Crippen LogP) is 3.16. The summed E-state index contributed by atoms with van der Waals surface area (Å²) in [6.45, 7) is 6.72. The molecule has 0 fully saturated rings. The average molecular weight is 165 g/mol. The van der Waals surface area contributed by atoms with Crippen LogP contribution in [0.3, 0.4) is 0 Å². The summed E-state index contributed by atoms with van der Waals surface area (Å²) >= 11 is 6.17. The lowest BCUT2D eigenvalue weighted by Crippen LogP contribution is -2.09. The molecule has 0 aliphatic carbocycles. The second-order valence-corrected chi connectivity index (χ2v) is 7.12. The number of halogens is 1. The molecule has 0 nitrogen and oxygen atoms in total. The van der Waals surface area contributed by atoms with Gasteiger partial charge in [-0.15, -0.1) is 0 Å². The molecule has 0 aromatic carbocycles. The first-order valence-corrected chi connectivity index (χ1v) is 7.09. The van der Waals surface area contributed by atoms with Crippen LogP contribution in [0.5, 0.6) is 0 Å². The van der Waals surface area contributed by atoms with E-state index in [0.717, 1.165) is 5.54 Å². The van der Waals surface area contributed by atoms with Crippen LogP contribution in [-0.2, 0) is 0 Å². The summed E-state index contributed by atoms with van der Waals surface area (Å²) in [6.07, 6.45) is 2.53. The van der Waals surface area contributed by atoms with E-state index in [1.807, 2.05) is 0 Å². The van der Waals surface area contributed by atoms with Gasteiger partial charge >= 0.3 is 0 Å². The first-order chi connectivity index (χ1) is 4.22. The van der Waals surface area contributed by atoms with Crippen molar-refractivity contribution in [3.8, 4) is 0 Å². The van der Waals surface area contributed by atoms with Gasteiger partial charge in [0.1, 0.15) is 8.11 Å². The minimum Gasteiger partial charge on any atom is -0.171 e. The highest BCUT2D eigenvalue weighted by molar-refractivity contribution is 7.07. The Kier molecular flexibility index (Phi) is 5.60. The van der Waals surface area contributed by atoms with E-state index in [0.29, 0.717) is 0 Å². The van der Waals surface area contributed by atoms with Gasteiger partial charge in [-0.25, -0.2) is 0 Å². The van der Waals surface area contributed by atoms with Crippen molar-refractivity contribution in [3.05, 3.63) is 0 Å². The van der Waals surface area contributed by atoms with Crippen molar-refractivity contribution in [3.63, 3.8) is 0 Å². The van der Waals surface area contributed by atoms with E-state index in [-0.39, 0.29) is 0 Å². The molecule has 0 saturated carbocycles. The Morgan fingerprint density at radius 2 is 2.00 bits per heavy atom. The predicted molar refractivity (Wildman–Crippen MR) is 47.8 cm³/mol. The Hall–Kier alpha value is 0.507. The first kappa shape index (κ1) is 9.51. The molecular formula is C7H17ClSi. The zero-order valence-electron chi connectivity index (χ0n) is 6.65. The molecule has 0 aliphatic heterocycles. The van der Waals surface area contributed by atoms with Crippen LogP contribution in [0.4, 0.5) is 0 Å². The van der Waals surface area contributed by atoms with Crippen LogP contribution < -0.4 is 0 Å². The Bertz CT molecular complexity index is 65.9. The maximum Gasteiger partial charge on any atom is 0.143 e. The van der Waals surface area contributed by atoms with Crippen LogP contribution in [0.1, 0.15) is 33.6 Å². The van der Waals surface area contributed by atoms with Gasteiger partial charge in [0.05, 0.1) is 0 Å². The molecule has 0 saturated heterocycles. The summed E-state index contributed by atoms with van der Waals surface area (Å²) < 4.78 is 0. The third-order valence-corrected chi connectivity index (χ3v) is 6.61. The smallest absolute Gasteiger partial charge is 0.143 e. The molecule has 0 rings (SSSR count). The first-order valence-electron chi connectivity index (χ1n) is 3.86. The lowest BCUT2D eigenvalue weighted by molar-refractivity contribution is 0.852. The zero-order chi connectivity index (χ0) is 7.28. The quantitative estimate of drug-likeness (QED) is 0.443. The lowest BCUT2D eigenvalue weighted by atomic mass is 10.4. The second-order valence-electron chi connectivity index (χ2n) is 2.69. The fraction of sp³-hybridized carbons (Fsp3) is 1.00. The zero-order valence-corrected chi connectivity index (χ0v) is 8.56. The van der Waals surface area contributed by atoms with Crippen molar-refractivity contribution in [2.75, 3.05) is 0 Å². The normalized spacial score (nSPS) is 17.3. The third-order valence-electron chi connectivity index (χ3n) is 1.83. The SMILES string of the molecule is CCC[SiH](Cl)C(C)CC. The molecule has 0 aliphatic rings. The summed E-state index contributed by atoms with van der Waals surface area (Å²) in [4.78, 5) is 0. The maximum absolute atomic E-state index is 6.17. The van der Waals surface area contributed by atoms with E-state index in [2.05, 4.69) is 20.8 Å². The van der Waals surface area contributed by atoms with Crippen molar-refractivity contribution in [1.82, 2.24) is 0 Å². The number of rotatable bonds is 4. The second kappa shape index (κ2) is 5.30. The minimum absolute atomic E-state index is 0.824. The highest BCUT2D eigenvalue weighted by Crippen LogP contribution is 2.20. The molecule has 56 valence electrons. The molecule has 0 aromatic rings. The number of hydrogen-bond acceptors (Lipinski definition) is 0.